The van der Waals surface area contributed by atoms with E-state index in [1.807, 2.05) is 49.9 Å². The minimum Gasteiger partial charge on any atom is -0.396 e. The zero-order chi connectivity index (χ0) is 19.9. The predicted octanol–water partition coefficient (Wildman–Crippen LogP) is 2.01. The van der Waals surface area contributed by atoms with E-state index in [0.29, 0.717) is 31.1 Å². The molecule has 150 valence electrons. The molecule has 0 spiro atoms. The van der Waals surface area contributed by atoms with E-state index in [2.05, 4.69) is 15.2 Å². The van der Waals surface area contributed by atoms with Crippen molar-refractivity contribution in [1.29, 1.82) is 0 Å². The first-order valence-electron chi connectivity index (χ1n) is 9.51. The molecule has 0 saturated carbocycles. The summed E-state index contributed by atoms with van der Waals surface area (Å²) in [7, 11) is 0. The summed E-state index contributed by atoms with van der Waals surface area (Å²) < 4.78 is 0. The fourth-order valence-electron chi connectivity index (χ4n) is 2.87. The van der Waals surface area contributed by atoms with E-state index in [4.69, 9.17) is 11.6 Å². The zero-order valence-corrected chi connectivity index (χ0v) is 17.3. The number of carbonyl (C=O) groups excluding carboxylic acids is 1. The number of piperazine rings is 1. The minimum atomic E-state index is -0.241. The second kappa shape index (κ2) is 9.95. The predicted molar refractivity (Wildman–Crippen MR) is 110 cm³/mol. The van der Waals surface area contributed by atoms with Gasteiger partial charge in [0.25, 0.3) is 0 Å². The number of nitrogens with zero attached hydrogens (tertiary/aromatic N) is 3. The number of carbonyl (C=O) groups is 1. The average molecular weight is 395 g/mol. The molecule has 6 nitrogen and oxygen atoms in total. The largest absolute Gasteiger partial charge is 0.396 e. The van der Waals surface area contributed by atoms with Gasteiger partial charge in [0.15, 0.2) is 5.96 Å². The molecule has 1 aliphatic rings. The fraction of sp³-hybridized carbons (Fsp3) is 0.600. The highest BCUT2D eigenvalue weighted by atomic mass is 35.5. The Morgan fingerprint density at radius 1 is 1.26 bits per heavy atom. The van der Waals surface area contributed by atoms with Gasteiger partial charge in [0.05, 0.1) is 13.0 Å². The molecular formula is C20H31ClN4O2. The number of benzene rings is 1. The van der Waals surface area contributed by atoms with Crippen molar-refractivity contribution in [3.63, 3.8) is 0 Å². The maximum Gasteiger partial charge on any atom is 0.227 e. The first kappa shape index (κ1) is 21.5. The highest BCUT2D eigenvalue weighted by Gasteiger charge is 2.24. The second-order valence-corrected chi connectivity index (χ2v) is 8.10. The van der Waals surface area contributed by atoms with Gasteiger partial charge >= 0.3 is 0 Å². The van der Waals surface area contributed by atoms with Crippen LogP contribution in [0.25, 0.3) is 0 Å². The first-order valence-corrected chi connectivity index (χ1v) is 9.89. The SMILES string of the molecule is CCNC(=NCC(C)(C)CO)N1CCN(C(=O)Cc2cccc(Cl)c2)CC1. The summed E-state index contributed by atoms with van der Waals surface area (Å²) in [5.41, 5.74) is 0.700. The van der Waals surface area contributed by atoms with Crippen LogP contribution in [0.3, 0.4) is 0 Å². The monoisotopic (exact) mass is 394 g/mol. The number of rotatable bonds is 6. The molecule has 0 bridgehead atoms. The second-order valence-electron chi connectivity index (χ2n) is 7.67. The Labute approximate surface area is 167 Å². The molecule has 1 heterocycles. The van der Waals surface area contributed by atoms with Crippen LogP contribution in [0.4, 0.5) is 0 Å². The van der Waals surface area contributed by atoms with E-state index in [0.717, 1.165) is 31.2 Å². The Morgan fingerprint density at radius 3 is 2.52 bits per heavy atom. The van der Waals surface area contributed by atoms with Gasteiger partial charge in [-0.2, -0.15) is 0 Å². The summed E-state index contributed by atoms with van der Waals surface area (Å²) in [6.45, 7) is 10.3. The van der Waals surface area contributed by atoms with E-state index in [-0.39, 0.29) is 17.9 Å². The average Bonchev–Trinajstić information content (AvgIpc) is 2.65. The summed E-state index contributed by atoms with van der Waals surface area (Å²) in [6, 6.07) is 7.46. The lowest BCUT2D eigenvalue weighted by Gasteiger charge is -2.37. The van der Waals surface area contributed by atoms with Gasteiger partial charge in [-0.15, -0.1) is 0 Å². The number of aliphatic hydroxyl groups excluding tert-OH is 1. The molecule has 2 N–H and O–H groups in total. The molecule has 7 heteroatoms. The van der Waals surface area contributed by atoms with Crippen LogP contribution >= 0.6 is 11.6 Å². The third kappa shape index (κ3) is 6.70. The molecule has 27 heavy (non-hydrogen) atoms. The fourth-order valence-corrected chi connectivity index (χ4v) is 3.08. The molecule has 1 aromatic carbocycles. The van der Waals surface area contributed by atoms with Gasteiger partial charge in [-0.1, -0.05) is 37.6 Å². The molecule has 0 aromatic heterocycles. The van der Waals surface area contributed by atoms with Crippen molar-refractivity contribution in [1.82, 2.24) is 15.1 Å². The Balaban J connectivity index is 1.91. The molecule has 1 aromatic rings. The van der Waals surface area contributed by atoms with Crippen molar-refractivity contribution < 1.29 is 9.90 Å². The minimum absolute atomic E-state index is 0.0989. The molecular weight excluding hydrogens is 364 g/mol. The molecule has 2 rings (SSSR count). The Morgan fingerprint density at radius 2 is 1.93 bits per heavy atom. The Hall–Kier alpha value is -1.79. The summed E-state index contributed by atoms with van der Waals surface area (Å²) in [4.78, 5) is 21.3. The van der Waals surface area contributed by atoms with Gasteiger partial charge in [0.2, 0.25) is 5.91 Å². The van der Waals surface area contributed by atoms with Crippen molar-refractivity contribution in [2.45, 2.75) is 27.2 Å². The smallest absolute Gasteiger partial charge is 0.227 e. The van der Waals surface area contributed by atoms with Gasteiger partial charge in [0, 0.05) is 49.8 Å². The van der Waals surface area contributed by atoms with Crippen LogP contribution in [0.5, 0.6) is 0 Å². The number of hydrogen-bond donors (Lipinski definition) is 2. The van der Waals surface area contributed by atoms with Gasteiger partial charge in [-0.3, -0.25) is 9.79 Å². The summed E-state index contributed by atoms with van der Waals surface area (Å²) in [5.74, 6) is 0.973. The number of halogens is 1. The lowest BCUT2D eigenvalue weighted by molar-refractivity contribution is -0.131. The highest BCUT2D eigenvalue weighted by molar-refractivity contribution is 6.30. The third-order valence-corrected chi connectivity index (χ3v) is 4.83. The summed E-state index contributed by atoms with van der Waals surface area (Å²) >= 11 is 6.00. The normalized spacial score (nSPS) is 15.8. The standard InChI is InChI=1S/C20H31ClN4O2/c1-4-22-19(23-14-20(2,3)15-26)25-10-8-24(9-11-25)18(27)13-16-6-5-7-17(21)12-16/h5-7,12,26H,4,8-11,13-15H2,1-3H3,(H,22,23). The highest BCUT2D eigenvalue weighted by Crippen LogP contribution is 2.15. The third-order valence-electron chi connectivity index (χ3n) is 4.60. The van der Waals surface area contributed by atoms with Crippen LogP contribution in [0.15, 0.2) is 29.3 Å². The van der Waals surface area contributed by atoms with Gasteiger partial charge in [-0.25, -0.2) is 0 Å². The van der Waals surface area contributed by atoms with E-state index in [1.54, 1.807) is 0 Å². The first-order chi connectivity index (χ1) is 12.8. The number of amides is 1. The molecule has 0 atom stereocenters. The van der Waals surface area contributed by atoms with E-state index >= 15 is 0 Å². The van der Waals surface area contributed by atoms with E-state index in [1.165, 1.54) is 0 Å². The quantitative estimate of drug-likeness (QED) is 0.572. The van der Waals surface area contributed by atoms with E-state index < -0.39 is 0 Å². The zero-order valence-electron chi connectivity index (χ0n) is 16.5. The van der Waals surface area contributed by atoms with Crippen molar-refractivity contribution in [2.75, 3.05) is 45.9 Å². The van der Waals surface area contributed by atoms with Crippen LogP contribution in [0, 0.1) is 5.41 Å². The van der Waals surface area contributed by atoms with Crippen LogP contribution in [-0.2, 0) is 11.2 Å². The molecule has 1 fully saturated rings. The number of aliphatic hydroxyl groups is 1. The van der Waals surface area contributed by atoms with Crippen LogP contribution in [-0.4, -0.2) is 72.6 Å². The lowest BCUT2D eigenvalue weighted by Crippen LogP contribution is -2.54. The molecule has 1 saturated heterocycles. The maximum absolute atomic E-state index is 12.6. The van der Waals surface area contributed by atoms with Gasteiger partial charge < -0.3 is 20.2 Å². The van der Waals surface area contributed by atoms with Gasteiger partial charge in [0.1, 0.15) is 0 Å². The Bertz CT molecular complexity index is 655. The molecule has 0 radical (unpaired) electrons. The van der Waals surface area contributed by atoms with Crippen molar-refractivity contribution >= 4 is 23.5 Å². The lowest BCUT2D eigenvalue weighted by atomic mass is 9.95. The summed E-state index contributed by atoms with van der Waals surface area (Å²) in [6.07, 6.45) is 0.374. The molecule has 1 aliphatic heterocycles. The van der Waals surface area contributed by atoms with Gasteiger partial charge in [-0.05, 0) is 24.6 Å². The van der Waals surface area contributed by atoms with Crippen LogP contribution in [0.2, 0.25) is 5.02 Å². The maximum atomic E-state index is 12.6. The number of guanidine groups is 1. The van der Waals surface area contributed by atoms with Crippen molar-refractivity contribution in [2.24, 2.45) is 10.4 Å². The topological polar surface area (TPSA) is 68.2 Å². The van der Waals surface area contributed by atoms with Crippen LogP contribution < -0.4 is 5.32 Å². The molecule has 0 unspecified atom stereocenters. The van der Waals surface area contributed by atoms with Crippen molar-refractivity contribution in [3.8, 4) is 0 Å². The molecule has 1 amide bonds. The van der Waals surface area contributed by atoms with E-state index in [9.17, 15) is 9.90 Å². The molecule has 0 aliphatic carbocycles. The van der Waals surface area contributed by atoms with Crippen LogP contribution in [0.1, 0.15) is 26.3 Å². The summed E-state index contributed by atoms with van der Waals surface area (Å²) in [5, 5.41) is 13.4. The number of aliphatic imine (C=N–C) groups is 1. The van der Waals surface area contributed by atoms with Crippen molar-refractivity contribution in [3.05, 3.63) is 34.9 Å². The number of nitrogens with one attached hydrogen (secondary N) is 1. The Kier molecular flexibility index (Phi) is 7.92. The number of hydrogen-bond acceptors (Lipinski definition) is 3.